The Hall–Kier alpha value is -1.83. The normalized spacial score (nSPS) is 11.1. The zero-order valence-corrected chi connectivity index (χ0v) is 8.95. The van der Waals surface area contributed by atoms with Crippen LogP contribution in [0.15, 0.2) is 11.2 Å². The number of aliphatic imine (C=N–C) groups is 1. The van der Waals surface area contributed by atoms with Crippen LogP contribution in [0.5, 0.6) is 0 Å². The average molecular weight is 206 g/mol. The summed E-state index contributed by atoms with van der Waals surface area (Å²) in [5.74, 6) is 1.09. The number of nitrogens with zero attached hydrogens (tertiary/aromatic N) is 3. The van der Waals surface area contributed by atoms with Gasteiger partial charge >= 0.3 is 0 Å². The van der Waals surface area contributed by atoms with E-state index in [1.54, 1.807) is 7.11 Å². The highest BCUT2D eigenvalue weighted by Gasteiger charge is 2.05. The molecule has 0 radical (unpaired) electrons. The predicted molar refractivity (Wildman–Crippen MR) is 56.9 cm³/mol. The van der Waals surface area contributed by atoms with Gasteiger partial charge < -0.3 is 4.74 Å². The first kappa shape index (κ1) is 11.2. The summed E-state index contributed by atoms with van der Waals surface area (Å²) in [4.78, 5) is 4.20. The van der Waals surface area contributed by atoms with E-state index in [-0.39, 0.29) is 0 Å². The van der Waals surface area contributed by atoms with E-state index in [4.69, 9.17) is 10.00 Å². The maximum atomic E-state index is 8.75. The SMILES string of the molecule is CCCC/C(=N/c1[nH]ncc1C#N)OC. The molecule has 15 heavy (non-hydrogen) atoms. The van der Waals surface area contributed by atoms with Gasteiger partial charge in [-0.3, -0.25) is 5.10 Å². The molecule has 0 aliphatic rings. The summed E-state index contributed by atoms with van der Waals surface area (Å²) in [7, 11) is 1.58. The summed E-state index contributed by atoms with van der Waals surface area (Å²) in [6, 6.07) is 2.00. The Bertz CT molecular complexity index is 375. The first-order valence-corrected chi connectivity index (χ1v) is 4.86. The van der Waals surface area contributed by atoms with Crippen LogP contribution in [0.3, 0.4) is 0 Å². The number of nitrogens with one attached hydrogen (secondary N) is 1. The molecule has 0 aromatic carbocycles. The van der Waals surface area contributed by atoms with Crippen LogP contribution in [0, 0.1) is 11.3 Å². The van der Waals surface area contributed by atoms with E-state index in [1.165, 1.54) is 6.20 Å². The molecule has 1 heterocycles. The summed E-state index contributed by atoms with van der Waals surface area (Å²) >= 11 is 0. The van der Waals surface area contributed by atoms with Crippen molar-refractivity contribution in [3.8, 4) is 6.07 Å². The van der Waals surface area contributed by atoms with E-state index in [0.29, 0.717) is 17.3 Å². The Balaban J connectivity index is 2.79. The third-order valence-corrected chi connectivity index (χ3v) is 1.96. The predicted octanol–water partition coefficient (Wildman–Crippen LogP) is 2.15. The van der Waals surface area contributed by atoms with Gasteiger partial charge in [0.2, 0.25) is 0 Å². The van der Waals surface area contributed by atoms with Gasteiger partial charge in [-0.2, -0.15) is 15.4 Å². The molecule has 5 nitrogen and oxygen atoms in total. The minimum absolute atomic E-state index is 0.432. The van der Waals surface area contributed by atoms with Crippen molar-refractivity contribution in [2.24, 2.45) is 4.99 Å². The zero-order chi connectivity index (χ0) is 11.1. The molecule has 0 amide bonds. The monoisotopic (exact) mass is 206 g/mol. The fourth-order valence-corrected chi connectivity index (χ4v) is 1.10. The van der Waals surface area contributed by atoms with Crippen molar-refractivity contribution in [3.05, 3.63) is 11.8 Å². The van der Waals surface area contributed by atoms with Crippen molar-refractivity contribution in [1.82, 2.24) is 10.2 Å². The van der Waals surface area contributed by atoms with Crippen LogP contribution in [-0.2, 0) is 4.74 Å². The average Bonchev–Trinajstić information content (AvgIpc) is 2.71. The molecule has 80 valence electrons. The number of nitriles is 1. The lowest BCUT2D eigenvalue weighted by Gasteiger charge is -2.02. The quantitative estimate of drug-likeness (QED) is 0.605. The Labute approximate surface area is 88.8 Å². The molecule has 1 N–H and O–H groups in total. The second-order valence-electron chi connectivity index (χ2n) is 3.06. The van der Waals surface area contributed by atoms with Gasteiger partial charge in [0, 0.05) is 6.42 Å². The van der Waals surface area contributed by atoms with Crippen molar-refractivity contribution in [2.45, 2.75) is 26.2 Å². The molecule has 0 spiro atoms. The van der Waals surface area contributed by atoms with Gasteiger partial charge in [-0.25, -0.2) is 0 Å². The Kier molecular flexibility index (Phi) is 4.35. The second-order valence-corrected chi connectivity index (χ2v) is 3.06. The summed E-state index contributed by atoms with van der Waals surface area (Å²) in [5, 5.41) is 15.2. The highest BCUT2D eigenvalue weighted by atomic mass is 16.5. The van der Waals surface area contributed by atoms with Crippen molar-refractivity contribution < 1.29 is 4.74 Å². The van der Waals surface area contributed by atoms with E-state index in [1.807, 2.05) is 6.07 Å². The smallest absolute Gasteiger partial charge is 0.189 e. The van der Waals surface area contributed by atoms with Crippen LogP contribution in [0.25, 0.3) is 0 Å². The molecule has 0 saturated heterocycles. The summed E-state index contributed by atoms with van der Waals surface area (Å²) in [5.41, 5.74) is 0.432. The van der Waals surface area contributed by atoms with Gasteiger partial charge in [0.1, 0.15) is 11.6 Å². The zero-order valence-electron chi connectivity index (χ0n) is 8.95. The largest absolute Gasteiger partial charge is 0.484 e. The minimum atomic E-state index is 0.432. The van der Waals surface area contributed by atoms with Crippen molar-refractivity contribution in [2.75, 3.05) is 7.11 Å². The molecule has 0 fully saturated rings. The highest BCUT2D eigenvalue weighted by molar-refractivity contribution is 5.79. The Morgan fingerprint density at radius 2 is 2.53 bits per heavy atom. The molecule has 1 aromatic heterocycles. The lowest BCUT2D eigenvalue weighted by molar-refractivity contribution is 0.388. The summed E-state index contributed by atoms with van der Waals surface area (Å²) in [6.45, 7) is 2.10. The standard InChI is InChI=1S/C10H14N4O/c1-3-4-5-9(15-2)13-10-8(6-11)7-12-14-10/h7H,3-5H2,1-2H3,(H,12,14)/b13-9-. The van der Waals surface area contributed by atoms with E-state index in [2.05, 4.69) is 22.1 Å². The van der Waals surface area contributed by atoms with Gasteiger partial charge in [0.05, 0.1) is 13.3 Å². The maximum absolute atomic E-state index is 8.75. The molecule has 1 rings (SSSR count). The van der Waals surface area contributed by atoms with Gasteiger partial charge in [-0.1, -0.05) is 13.3 Å². The van der Waals surface area contributed by atoms with Crippen LogP contribution in [0.2, 0.25) is 0 Å². The first-order chi connectivity index (χ1) is 7.31. The van der Waals surface area contributed by atoms with E-state index >= 15 is 0 Å². The maximum Gasteiger partial charge on any atom is 0.189 e. The topological polar surface area (TPSA) is 74.1 Å². The van der Waals surface area contributed by atoms with Crippen molar-refractivity contribution in [3.63, 3.8) is 0 Å². The van der Waals surface area contributed by atoms with Gasteiger partial charge in [0.25, 0.3) is 0 Å². The van der Waals surface area contributed by atoms with Crippen LogP contribution >= 0.6 is 0 Å². The van der Waals surface area contributed by atoms with Crippen molar-refractivity contribution in [1.29, 1.82) is 5.26 Å². The molecule has 0 atom stereocenters. The number of unbranched alkanes of at least 4 members (excludes halogenated alkanes) is 1. The van der Waals surface area contributed by atoms with Gasteiger partial charge in [-0.05, 0) is 6.42 Å². The molecule has 0 aliphatic heterocycles. The van der Waals surface area contributed by atoms with E-state index < -0.39 is 0 Å². The molecule has 0 bridgehead atoms. The highest BCUT2D eigenvalue weighted by Crippen LogP contribution is 2.14. The molecule has 1 aromatic rings. The van der Waals surface area contributed by atoms with Crippen molar-refractivity contribution >= 4 is 11.7 Å². The van der Waals surface area contributed by atoms with Gasteiger partial charge in [-0.15, -0.1) is 0 Å². The molecular weight excluding hydrogens is 192 g/mol. The number of methoxy groups -OCH3 is 1. The summed E-state index contributed by atoms with van der Waals surface area (Å²) in [6.07, 6.45) is 4.32. The number of rotatable bonds is 4. The third kappa shape index (κ3) is 3.09. The van der Waals surface area contributed by atoms with E-state index in [0.717, 1.165) is 19.3 Å². The molecule has 5 heteroatoms. The number of aromatic nitrogens is 2. The van der Waals surface area contributed by atoms with Crippen LogP contribution < -0.4 is 0 Å². The third-order valence-electron chi connectivity index (χ3n) is 1.96. The number of ether oxygens (including phenoxy) is 1. The molecular formula is C10H14N4O. The summed E-state index contributed by atoms with van der Waals surface area (Å²) < 4.78 is 5.12. The second kappa shape index (κ2) is 5.81. The Morgan fingerprint density at radius 1 is 1.73 bits per heavy atom. The van der Waals surface area contributed by atoms with Crippen LogP contribution in [-0.4, -0.2) is 23.2 Å². The van der Waals surface area contributed by atoms with Crippen LogP contribution in [0.1, 0.15) is 31.7 Å². The first-order valence-electron chi connectivity index (χ1n) is 4.86. The van der Waals surface area contributed by atoms with Gasteiger partial charge in [0.15, 0.2) is 11.7 Å². The number of aromatic amines is 1. The fourth-order valence-electron chi connectivity index (χ4n) is 1.10. The lowest BCUT2D eigenvalue weighted by atomic mass is 10.2. The number of hydrogen-bond acceptors (Lipinski definition) is 4. The molecule has 0 aliphatic carbocycles. The lowest BCUT2D eigenvalue weighted by Crippen LogP contribution is -2.00. The minimum Gasteiger partial charge on any atom is -0.484 e. The number of H-pyrrole nitrogens is 1. The Morgan fingerprint density at radius 3 is 3.13 bits per heavy atom. The van der Waals surface area contributed by atoms with Crippen LogP contribution in [0.4, 0.5) is 5.82 Å². The molecule has 0 unspecified atom stereocenters. The fraction of sp³-hybridized carbons (Fsp3) is 0.500. The van der Waals surface area contributed by atoms with E-state index in [9.17, 15) is 0 Å². The number of hydrogen-bond donors (Lipinski definition) is 1. The molecule has 0 saturated carbocycles.